The van der Waals surface area contributed by atoms with Crippen LogP contribution in [-0.2, 0) is 4.57 Å². The topological polar surface area (TPSA) is 38.8 Å². The van der Waals surface area contributed by atoms with E-state index in [0.717, 1.165) is 50.4 Å². The van der Waals surface area contributed by atoms with Crippen LogP contribution in [0.3, 0.4) is 0 Å². The summed E-state index contributed by atoms with van der Waals surface area (Å²) in [7, 11) is -3.55. The summed E-state index contributed by atoms with van der Waals surface area (Å²) in [6.07, 6.45) is 0. The van der Waals surface area contributed by atoms with Gasteiger partial charge in [-0.2, -0.15) is 0 Å². The predicted octanol–water partition coefficient (Wildman–Crippen LogP) is 10.6. The number of rotatable bonds is 4. The van der Waals surface area contributed by atoms with Crippen molar-refractivity contribution >= 4 is 40.1 Å². The van der Waals surface area contributed by atoms with Crippen molar-refractivity contribution < 1.29 is 14.0 Å². The van der Waals surface area contributed by atoms with Gasteiger partial charge in [-0.1, -0.05) is 109 Å². The molecule has 48 heavy (non-hydrogen) atoms. The smallest absolute Gasteiger partial charge is 0.189 e. The normalized spacial score (nSPS) is 14.1. The Balaban J connectivity index is 1.35. The molecule has 3 aliphatic heterocycles. The second kappa shape index (κ2) is 10.1. The number of hydrogen-bond acceptors (Lipinski definition) is 4. The van der Waals surface area contributed by atoms with Gasteiger partial charge in [-0.15, -0.1) is 0 Å². The number of nitrogens with zero attached hydrogens (tertiary/aromatic N) is 1. The Kier molecular flexibility index (Phi) is 5.73. The number of anilines is 3. The van der Waals surface area contributed by atoms with Crippen LogP contribution in [-0.4, -0.2) is 0 Å². The molecule has 0 aromatic heterocycles. The molecule has 0 bridgehead atoms. The Morgan fingerprint density at radius 2 is 0.938 bits per heavy atom. The zero-order chi connectivity index (χ0) is 32.0. The minimum Gasteiger partial charge on any atom is -0.455 e. The van der Waals surface area contributed by atoms with E-state index >= 15 is 4.57 Å². The largest absolute Gasteiger partial charge is 0.455 e. The summed E-state index contributed by atoms with van der Waals surface area (Å²) in [5.41, 5.74) is 9.64. The molecule has 0 aliphatic carbocycles. The van der Waals surface area contributed by atoms with Crippen molar-refractivity contribution in [2.45, 2.75) is 6.92 Å². The zero-order valence-electron chi connectivity index (χ0n) is 26.1. The summed E-state index contributed by atoms with van der Waals surface area (Å²) in [5, 5.41) is 2.06. The molecule has 7 aromatic rings. The van der Waals surface area contributed by atoms with Gasteiger partial charge in [0.2, 0.25) is 0 Å². The average molecular weight is 638 g/mol. The minimum absolute atomic E-state index is 0.571. The van der Waals surface area contributed by atoms with Gasteiger partial charge in [0.1, 0.15) is 28.3 Å². The molecular formula is C43H28NO3P. The second-order valence-corrected chi connectivity index (χ2v) is 15.1. The van der Waals surface area contributed by atoms with Crippen molar-refractivity contribution in [1.82, 2.24) is 0 Å². The first-order valence-electron chi connectivity index (χ1n) is 16.1. The summed E-state index contributed by atoms with van der Waals surface area (Å²) in [5.74, 6) is 2.40. The lowest BCUT2D eigenvalue weighted by atomic mass is 10.0. The maximum absolute atomic E-state index is 16.7. The first kappa shape index (κ1) is 27.3. The summed E-state index contributed by atoms with van der Waals surface area (Å²) in [4.78, 5) is 2.22. The fourth-order valence-electron chi connectivity index (χ4n) is 7.49. The van der Waals surface area contributed by atoms with E-state index in [1.165, 1.54) is 5.56 Å². The van der Waals surface area contributed by atoms with E-state index < -0.39 is 7.14 Å². The number of benzene rings is 7. The first-order chi connectivity index (χ1) is 23.6. The highest BCUT2D eigenvalue weighted by Crippen LogP contribution is 2.67. The molecule has 0 spiro atoms. The number of aryl methyl sites for hydroxylation is 1. The van der Waals surface area contributed by atoms with Crippen LogP contribution in [0.1, 0.15) is 5.56 Å². The Morgan fingerprint density at radius 1 is 0.479 bits per heavy atom. The maximum Gasteiger partial charge on any atom is 0.189 e. The number of ether oxygens (including phenoxy) is 2. The highest BCUT2D eigenvalue weighted by atomic mass is 31.2. The number of hydrogen-bond donors (Lipinski definition) is 0. The zero-order valence-corrected chi connectivity index (χ0v) is 26.9. The molecular weight excluding hydrogens is 609 g/mol. The van der Waals surface area contributed by atoms with Crippen LogP contribution in [0.4, 0.5) is 17.1 Å². The lowest BCUT2D eigenvalue weighted by molar-refractivity contribution is 0.463. The third-order valence-corrected chi connectivity index (χ3v) is 12.9. The monoisotopic (exact) mass is 637 g/mol. The average Bonchev–Trinajstić information content (AvgIpc) is 3.13. The summed E-state index contributed by atoms with van der Waals surface area (Å²) >= 11 is 0. The van der Waals surface area contributed by atoms with Gasteiger partial charge in [-0.3, -0.25) is 0 Å². The quantitative estimate of drug-likeness (QED) is 0.180. The van der Waals surface area contributed by atoms with E-state index in [1.807, 2.05) is 66.7 Å². The first-order valence-corrected chi connectivity index (χ1v) is 17.8. The van der Waals surface area contributed by atoms with Crippen LogP contribution in [0, 0.1) is 6.92 Å². The van der Waals surface area contributed by atoms with Crippen molar-refractivity contribution in [2.24, 2.45) is 0 Å². The van der Waals surface area contributed by atoms with Gasteiger partial charge in [0.15, 0.2) is 7.14 Å². The summed E-state index contributed by atoms with van der Waals surface area (Å²) in [6.45, 7) is 2.09. The summed E-state index contributed by atoms with van der Waals surface area (Å²) in [6, 6.07) is 51.6. The van der Waals surface area contributed by atoms with Gasteiger partial charge in [-0.05, 0) is 77.7 Å². The molecule has 7 aromatic carbocycles. The SMILES string of the molecule is Cc1ccc(N2c3ccc(-c4ccccc4)c4c3P3(=O)c5c(cc(-c6ccccc6)cc5Oc5c(-c6ccccc6)ccc2c53)O4)cc1. The molecule has 0 fully saturated rings. The van der Waals surface area contributed by atoms with E-state index in [4.69, 9.17) is 9.47 Å². The molecule has 10 rings (SSSR count). The molecule has 0 N–H and O–H groups in total. The molecule has 4 nitrogen and oxygen atoms in total. The fraction of sp³-hybridized carbons (Fsp3) is 0.0233. The van der Waals surface area contributed by atoms with E-state index in [1.54, 1.807) is 0 Å². The molecule has 0 radical (unpaired) electrons. The molecule has 228 valence electrons. The second-order valence-electron chi connectivity index (χ2n) is 12.5. The van der Waals surface area contributed by atoms with Crippen LogP contribution in [0.15, 0.2) is 152 Å². The fourth-order valence-corrected chi connectivity index (χ4v) is 10.9. The van der Waals surface area contributed by atoms with E-state index in [9.17, 15) is 0 Å². The summed E-state index contributed by atoms with van der Waals surface area (Å²) < 4.78 is 30.7. The molecule has 0 amide bonds. The van der Waals surface area contributed by atoms with Gasteiger partial charge < -0.3 is 18.9 Å². The Labute approximate surface area is 278 Å². The van der Waals surface area contributed by atoms with Crippen molar-refractivity contribution in [2.75, 3.05) is 4.90 Å². The van der Waals surface area contributed by atoms with Crippen LogP contribution < -0.4 is 30.3 Å². The van der Waals surface area contributed by atoms with Gasteiger partial charge in [0.05, 0.1) is 22.0 Å². The van der Waals surface area contributed by atoms with Crippen LogP contribution >= 0.6 is 7.14 Å². The van der Waals surface area contributed by atoms with Crippen molar-refractivity contribution in [3.05, 3.63) is 157 Å². The standard InChI is InChI=1S/C43H28NO3P/c1-27-17-19-32(20-18-27)44-35-23-21-33(29-13-7-3-8-14-29)39-41(35)48(45)42-36(44)24-22-34(30-15-9-4-10-16-30)40(42)47-38-26-31(25-37(46-39)43(38)48)28-11-5-2-6-12-28/h2-26H,1H3. The van der Waals surface area contributed by atoms with E-state index in [2.05, 4.69) is 96.8 Å². The van der Waals surface area contributed by atoms with E-state index in [0.29, 0.717) is 38.9 Å². The lowest BCUT2D eigenvalue weighted by Gasteiger charge is -2.44. The highest BCUT2D eigenvalue weighted by Gasteiger charge is 2.54. The van der Waals surface area contributed by atoms with Crippen LogP contribution in [0.25, 0.3) is 33.4 Å². The molecule has 3 heterocycles. The minimum atomic E-state index is -3.55. The van der Waals surface area contributed by atoms with Gasteiger partial charge >= 0.3 is 0 Å². The lowest BCUT2D eigenvalue weighted by Crippen LogP contribution is -2.42. The van der Waals surface area contributed by atoms with Crippen molar-refractivity contribution in [1.29, 1.82) is 0 Å². The van der Waals surface area contributed by atoms with E-state index in [-0.39, 0.29) is 0 Å². The maximum atomic E-state index is 16.7. The molecule has 0 atom stereocenters. The molecule has 3 aliphatic rings. The third kappa shape index (κ3) is 3.75. The highest BCUT2D eigenvalue weighted by molar-refractivity contribution is 7.87. The van der Waals surface area contributed by atoms with Gasteiger partial charge in [0, 0.05) is 16.8 Å². The molecule has 5 heteroatoms. The Bertz CT molecular complexity index is 2350. The van der Waals surface area contributed by atoms with Crippen LogP contribution in [0.5, 0.6) is 23.0 Å². The molecule has 0 saturated carbocycles. The van der Waals surface area contributed by atoms with Gasteiger partial charge in [0.25, 0.3) is 0 Å². The molecule has 0 saturated heterocycles. The van der Waals surface area contributed by atoms with Crippen molar-refractivity contribution in [3.63, 3.8) is 0 Å². The van der Waals surface area contributed by atoms with Gasteiger partial charge in [-0.25, -0.2) is 0 Å². The molecule has 0 unspecified atom stereocenters. The van der Waals surface area contributed by atoms with Crippen LogP contribution in [0.2, 0.25) is 0 Å². The Morgan fingerprint density at radius 3 is 1.42 bits per heavy atom. The van der Waals surface area contributed by atoms with Crippen molar-refractivity contribution in [3.8, 4) is 56.4 Å². The Hall–Kier alpha value is -5.83. The third-order valence-electron chi connectivity index (χ3n) is 9.68. The predicted molar refractivity (Wildman–Crippen MR) is 195 cm³/mol.